The second kappa shape index (κ2) is 8.65. The summed E-state index contributed by atoms with van der Waals surface area (Å²) in [5.74, 6) is -2.28. The van der Waals surface area contributed by atoms with Crippen LogP contribution in [0.5, 0.6) is 11.5 Å². The van der Waals surface area contributed by atoms with Crippen LogP contribution in [0, 0.1) is 11.6 Å². The highest BCUT2D eigenvalue weighted by Gasteiger charge is 2.29. The van der Waals surface area contributed by atoms with E-state index in [1.54, 1.807) is 0 Å². The lowest BCUT2D eigenvalue weighted by Crippen LogP contribution is -2.46. The van der Waals surface area contributed by atoms with Gasteiger partial charge in [0.25, 0.3) is 0 Å². The smallest absolute Gasteiger partial charge is 0.126 e. The Bertz CT molecular complexity index is 1070. The van der Waals surface area contributed by atoms with Gasteiger partial charge in [0.05, 0.1) is 8.22 Å². The average Bonchev–Trinajstić information content (AvgIpc) is 2.87. The highest BCUT2D eigenvalue weighted by atomic mass is 19.1. The topological polar surface area (TPSA) is 71.0 Å². The molecule has 4 rings (SSSR count). The van der Waals surface area contributed by atoms with Crippen LogP contribution in [0.3, 0.4) is 0 Å². The third-order valence-electron chi connectivity index (χ3n) is 5.10. The minimum atomic E-state index is -1.07. The van der Waals surface area contributed by atoms with Crippen LogP contribution in [-0.2, 0) is 12.8 Å². The number of nitrogens with one attached hydrogen (secondary N) is 1. The number of rotatable bonds is 6. The number of aliphatic hydroxyl groups excluding tert-OH is 2. The molecule has 0 bridgehead atoms. The van der Waals surface area contributed by atoms with Crippen molar-refractivity contribution in [3.05, 3.63) is 59.0 Å². The molecule has 4 atom stereocenters. The van der Waals surface area contributed by atoms with Crippen LogP contribution in [0.15, 0.2) is 36.3 Å². The maximum Gasteiger partial charge on any atom is 0.126 e. The lowest BCUT2D eigenvalue weighted by atomic mass is 9.98. The highest BCUT2D eigenvalue weighted by molar-refractivity contribution is 5.36. The summed E-state index contributed by atoms with van der Waals surface area (Å²) in [5, 5.41) is 24.0. The molecular weight excluding hydrogens is 380 g/mol. The van der Waals surface area contributed by atoms with Crippen molar-refractivity contribution >= 4 is 0 Å². The molecule has 5 nitrogen and oxygen atoms in total. The highest BCUT2D eigenvalue weighted by Crippen LogP contribution is 2.30. The van der Waals surface area contributed by atoms with E-state index in [0.717, 1.165) is 0 Å². The van der Waals surface area contributed by atoms with Gasteiger partial charge in [0, 0.05) is 13.1 Å². The Morgan fingerprint density at radius 2 is 1.34 bits per heavy atom. The number of aliphatic hydroxyl groups is 2. The molecular formula is C22H25F2NO4. The molecule has 0 saturated heterocycles. The lowest BCUT2D eigenvalue weighted by molar-refractivity contribution is 0.00892. The molecule has 2 aliphatic rings. The molecule has 0 aromatic heterocycles. The number of ether oxygens (including phenoxy) is 2. The zero-order valence-corrected chi connectivity index (χ0v) is 15.5. The van der Waals surface area contributed by atoms with Gasteiger partial charge >= 0.3 is 0 Å². The van der Waals surface area contributed by atoms with Crippen molar-refractivity contribution in [1.29, 1.82) is 0 Å². The van der Waals surface area contributed by atoms with E-state index in [2.05, 4.69) is 5.32 Å². The van der Waals surface area contributed by atoms with Gasteiger partial charge in [-0.1, -0.05) is 0 Å². The predicted octanol–water partition coefficient (Wildman–Crippen LogP) is 2.36. The van der Waals surface area contributed by atoms with E-state index in [-0.39, 0.29) is 61.4 Å². The van der Waals surface area contributed by atoms with Gasteiger partial charge in [-0.25, -0.2) is 8.78 Å². The standard InChI is InChI=1S/C22H25F2NO4/c23-15-3-7-19-13(9-15)1-5-21(28-19)17(26)11-25-12-18(27)22-6-2-14-10-16(24)4-8-20(14)29-22/h3-4,7-10,17-18,21-22,25-27H,1-2,5-6,11-12H2/i3D,4D,7D,8D,9D,10D. The molecule has 2 aromatic rings. The third kappa shape index (κ3) is 4.69. The summed E-state index contributed by atoms with van der Waals surface area (Å²) in [6.07, 6.45) is -2.67. The summed E-state index contributed by atoms with van der Waals surface area (Å²) in [5.41, 5.74) is 0.399. The molecule has 0 aliphatic carbocycles. The zero-order valence-electron chi connectivity index (χ0n) is 21.5. The summed E-state index contributed by atoms with van der Waals surface area (Å²) in [7, 11) is 0. The van der Waals surface area contributed by atoms with Gasteiger partial charge in [0.1, 0.15) is 47.5 Å². The molecule has 2 heterocycles. The Morgan fingerprint density at radius 3 is 1.79 bits per heavy atom. The van der Waals surface area contributed by atoms with Crippen LogP contribution in [0.25, 0.3) is 0 Å². The number of hydrogen-bond acceptors (Lipinski definition) is 5. The van der Waals surface area contributed by atoms with Gasteiger partial charge < -0.3 is 25.0 Å². The lowest BCUT2D eigenvalue weighted by Gasteiger charge is -2.31. The summed E-state index contributed by atoms with van der Waals surface area (Å²) < 4.78 is 85.8. The third-order valence-corrected chi connectivity index (χ3v) is 5.10. The van der Waals surface area contributed by atoms with Gasteiger partial charge in [-0.2, -0.15) is 0 Å². The maximum atomic E-state index is 13.9. The number of hydrogen-bond donors (Lipinski definition) is 3. The molecule has 156 valence electrons. The van der Waals surface area contributed by atoms with Crippen LogP contribution in [-0.4, -0.2) is 47.7 Å². The summed E-state index contributed by atoms with van der Waals surface area (Å²) in [6.45, 7) is -0.00198. The van der Waals surface area contributed by atoms with Gasteiger partial charge in [-0.3, -0.25) is 0 Å². The zero-order chi connectivity index (χ0) is 25.6. The fraction of sp³-hybridized carbons (Fsp3) is 0.455. The minimum Gasteiger partial charge on any atom is -0.487 e. The Labute approximate surface area is 176 Å². The summed E-state index contributed by atoms with van der Waals surface area (Å²) in [4.78, 5) is 0. The Kier molecular flexibility index (Phi) is 4.15. The molecule has 3 N–H and O–H groups in total. The molecule has 0 amide bonds. The van der Waals surface area contributed by atoms with Crippen LogP contribution >= 0.6 is 0 Å². The maximum absolute atomic E-state index is 13.9. The van der Waals surface area contributed by atoms with E-state index in [9.17, 15) is 19.0 Å². The fourth-order valence-corrected chi connectivity index (χ4v) is 3.55. The monoisotopic (exact) mass is 411 g/mol. The summed E-state index contributed by atoms with van der Waals surface area (Å²) in [6, 6.07) is -3.34. The van der Waals surface area contributed by atoms with Crippen molar-refractivity contribution in [2.45, 2.75) is 50.1 Å². The molecule has 7 heteroatoms. The largest absolute Gasteiger partial charge is 0.487 e. The van der Waals surface area contributed by atoms with E-state index < -0.39 is 72.3 Å². The first-order chi connectivity index (χ1) is 16.5. The molecule has 2 aromatic carbocycles. The van der Waals surface area contributed by atoms with Crippen LogP contribution < -0.4 is 14.8 Å². The molecule has 0 saturated carbocycles. The van der Waals surface area contributed by atoms with Crippen molar-refractivity contribution in [3.63, 3.8) is 0 Å². The van der Waals surface area contributed by atoms with E-state index in [1.165, 1.54) is 0 Å². The minimum absolute atomic E-state index is 0.000991. The van der Waals surface area contributed by atoms with Crippen LogP contribution in [0.1, 0.15) is 32.2 Å². The number of fused-ring (bicyclic) bond motifs is 2. The quantitative estimate of drug-likeness (QED) is 0.681. The first kappa shape index (κ1) is 13.9. The van der Waals surface area contributed by atoms with Gasteiger partial charge in [0.15, 0.2) is 0 Å². The number of benzene rings is 2. The predicted molar refractivity (Wildman–Crippen MR) is 103 cm³/mol. The molecule has 0 radical (unpaired) electrons. The van der Waals surface area contributed by atoms with Crippen molar-refractivity contribution in [2.75, 3.05) is 13.1 Å². The first-order valence-electron chi connectivity index (χ1n) is 12.5. The molecule has 2 aliphatic heterocycles. The summed E-state index contributed by atoms with van der Waals surface area (Å²) >= 11 is 0. The van der Waals surface area contributed by atoms with Crippen molar-refractivity contribution in [3.8, 4) is 11.5 Å². The Morgan fingerprint density at radius 1 is 0.897 bits per heavy atom. The average molecular weight is 411 g/mol. The molecule has 4 unspecified atom stereocenters. The first-order valence-corrected chi connectivity index (χ1v) is 9.49. The Hall–Kier alpha value is -2.22. The van der Waals surface area contributed by atoms with Crippen molar-refractivity contribution < 1.29 is 36.7 Å². The fourth-order valence-electron chi connectivity index (χ4n) is 3.55. The molecule has 29 heavy (non-hydrogen) atoms. The van der Waals surface area contributed by atoms with E-state index in [1.807, 2.05) is 0 Å². The Balaban J connectivity index is 1.33. The SMILES string of the molecule is [2H]c1c([2H])c2c(c([2H])c1F)CCC(C(O)CNCC(O)C1CCc3c([2H])c(F)c([2H])c([2H])c3O1)O2. The van der Waals surface area contributed by atoms with Gasteiger partial charge in [-0.15, -0.1) is 0 Å². The van der Waals surface area contributed by atoms with E-state index >= 15 is 0 Å². The molecule has 0 fully saturated rings. The molecule has 0 spiro atoms. The van der Waals surface area contributed by atoms with Gasteiger partial charge in [-0.05, 0) is 73.1 Å². The van der Waals surface area contributed by atoms with Crippen molar-refractivity contribution in [1.82, 2.24) is 5.32 Å². The second-order valence-corrected chi connectivity index (χ2v) is 7.18. The second-order valence-electron chi connectivity index (χ2n) is 7.18. The van der Waals surface area contributed by atoms with Crippen molar-refractivity contribution in [2.24, 2.45) is 0 Å². The van der Waals surface area contributed by atoms with Crippen LogP contribution in [0.4, 0.5) is 8.78 Å². The van der Waals surface area contributed by atoms with E-state index in [4.69, 9.17) is 17.7 Å². The normalized spacial score (nSPS) is 25.5. The van der Waals surface area contributed by atoms with Gasteiger partial charge in [0.2, 0.25) is 0 Å². The van der Waals surface area contributed by atoms with Crippen LogP contribution in [0.2, 0.25) is 0 Å². The van der Waals surface area contributed by atoms with E-state index in [0.29, 0.717) is 0 Å². The number of halogens is 2.